The van der Waals surface area contributed by atoms with Gasteiger partial charge in [-0.2, -0.15) is 0 Å². The van der Waals surface area contributed by atoms with E-state index in [0.29, 0.717) is 6.04 Å². The zero-order chi connectivity index (χ0) is 10.5. The molecule has 2 nitrogen and oxygen atoms in total. The second kappa shape index (κ2) is 5.86. The fraction of sp³-hybridized carbons (Fsp3) is 1.00. The summed E-state index contributed by atoms with van der Waals surface area (Å²) in [4.78, 5) is 2.73. The van der Waals surface area contributed by atoms with E-state index in [9.17, 15) is 0 Å². The largest absolute Gasteiger partial charge is 0.328 e. The van der Waals surface area contributed by atoms with Gasteiger partial charge in [0.05, 0.1) is 0 Å². The first-order valence-corrected chi connectivity index (χ1v) is 6.86. The summed E-state index contributed by atoms with van der Waals surface area (Å²) in [5.41, 5.74) is 6.08. The van der Waals surface area contributed by atoms with Crippen LogP contribution in [0.25, 0.3) is 0 Å². The third kappa shape index (κ3) is 3.46. The third-order valence-corrected chi connectivity index (χ3v) is 4.09. The van der Waals surface area contributed by atoms with Crippen LogP contribution in [0.15, 0.2) is 0 Å². The Labute approximate surface area is 94.2 Å². The molecule has 2 N–H and O–H groups in total. The van der Waals surface area contributed by atoms with Gasteiger partial charge in [0.25, 0.3) is 0 Å². The highest BCUT2D eigenvalue weighted by atomic mass is 15.2. The molecule has 2 unspecified atom stereocenters. The molecule has 2 rings (SSSR count). The lowest BCUT2D eigenvalue weighted by Gasteiger charge is -2.37. The highest BCUT2D eigenvalue weighted by Gasteiger charge is 2.24. The van der Waals surface area contributed by atoms with E-state index >= 15 is 0 Å². The SMILES string of the molecule is NC1CCCC(N2CCCCCCC2)C1. The average molecular weight is 210 g/mol. The molecule has 0 amide bonds. The fourth-order valence-electron chi connectivity index (χ4n) is 3.17. The van der Waals surface area contributed by atoms with Gasteiger partial charge < -0.3 is 10.6 Å². The number of likely N-dealkylation sites (tertiary alicyclic amines) is 1. The summed E-state index contributed by atoms with van der Waals surface area (Å²) in [6, 6.07) is 1.29. The Bertz CT molecular complexity index is 173. The van der Waals surface area contributed by atoms with Crippen LogP contribution in [0.2, 0.25) is 0 Å². The Kier molecular flexibility index (Phi) is 4.45. The van der Waals surface area contributed by atoms with E-state index in [-0.39, 0.29) is 0 Å². The predicted octanol–water partition coefficient (Wildman–Crippen LogP) is 2.52. The Morgan fingerprint density at radius 1 is 0.800 bits per heavy atom. The van der Waals surface area contributed by atoms with Gasteiger partial charge in [-0.25, -0.2) is 0 Å². The number of nitrogens with zero attached hydrogens (tertiary/aromatic N) is 1. The standard InChI is InChI=1S/C13H26N2/c14-12-7-6-8-13(11-12)15-9-4-2-1-3-5-10-15/h12-13H,1-11,14H2. The van der Waals surface area contributed by atoms with Crippen molar-refractivity contribution in [2.75, 3.05) is 13.1 Å². The molecule has 1 aliphatic carbocycles. The average Bonchev–Trinajstić information content (AvgIpc) is 2.16. The minimum Gasteiger partial charge on any atom is -0.328 e. The molecule has 15 heavy (non-hydrogen) atoms. The van der Waals surface area contributed by atoms with Crippen LogP contribution in [0.4, 0.5) is 0 Å². The van der Waals surface area contributed by atoms with Gasteiger partial charge in [-0.1, -0.05) is 25.7 Å². The molecule has 2 heteroatoms. The van der Waals surface area contributed by atoms with E-state index in [1.165, 1.54) is 70.9 Å². The zero-order valence-electron chi connectivity index (χ0n) is 9.96. The zero-order valence-corrected chi connectivity index (χ0v) is 9.96. The molecule has 0 aromatic rings. The van der Waals surface area contributed by atoms with Crippen LogP contribution < -0.4 is 5.73 Å². The Morgan fingerprint density at radius 3 is 2.13 bits per heavy atom. The molecule has 0 spiro atoms. The first kappa shape index (κ1) is 11.4. The number of hydrogen-bond acceptors (Lipinski definition) is 2. The minimum atomic E-state index is 0.481. The van der Waals surface area contributed by atoms with Crippen LogP contribution in [0.3, 0.4) is 0 Å². The van der Waals surface area contributed by atoms with Crippen molar-refractivity contribution in [1.29, 1.82) is 0 Å². The van der Waals surface area contributed by atoms with Crippen LogP contribution in [0, 0.1) is 0 Å². The van der Waals surface area contributed by atoms with Crippen molar-refractivity contribution >= 4 is 0 Å². The maximum atomic E-state index is 6.08. The van der Waals surface area contributed by atoms with Gasteiger partial charge in [0.1, 0.15) is 0 Å². The Morgan fingerprint density at radius 2 is 1.47 bits per heavy atom. The molecule has 2 fully saturated rings. The summed E-state index contributed by atoms with van der Waals surface area (Å²) in [6.45, 7) is 2.66. The van der Waals surface area contributed by atoms with Crippen LogP contribution in [0.1, 0.15) is 57.8 Å². The van der Waals surface area contributed by atoms with Gasteiger partial charge in [-0.05, 0) is 45.2 Å². The molecule has 88 valence electrons. The second-order valence-electron chi connectivity index (χ2n) is 5.38. The lowest BCUT2D eigenvalue weighted by atomic mass is 9.90. The molecular weight excluding hydrogens is 184 g/mol. The van der Waals surface area contributed by atoms with Gasteiger partial charge >= 0.3 is 0 Å². The van der Waals surface area contributed by atoms with E-state index in [1.54, 1.807) is 0 Å². The summed E-state index contributed by atoms with van der Waals surface area (Å²) in [5.74, 6) is 0. The second-order valence-corrected chi connectivity index (χ2v) is 5.38. The highest BCUT2D eigenvalue weighted by Crippen LogP contribution is 2.24. The molecule has 0 aromatic carbocycles. The van der Waals surface area contributed by atoms with Gasteiger partial charge in [0, 0.05) is 12.1 Å². The molecule has 0 bridgehead atoms. The number of hydrogen-bond donors (Lipinski definition) is 1. The molecular formula is C13H26N2. The van der Waals surface area contributed by atoms with E-state index in [1.807, 2.05) is 0 Å². The van der Waals surface area contributed by atoms with Crippen molar-refractivity contribution in [3.8, 4) is 0 Å². The predicted molar refractivity (Wildman–Crippen MR) is 64.9 cm³/mol. The number of rotatable bonds is 1. The first-order valence-electron chi connectivity index (χ1n) is 6.86. The molecule has 1 heterocycles. The smallest absolute Gasteiger partial charge is 0.0110 e. The van der Waals surface area contributed by atoms with Crippen LogP contribution >= 0.6 is 0 Å². The summed E-state index contributed by atoms with van der Waals surface area (Å²) in [5, 5.41) is 0. The summed E-state index contributed by atoms with van der Waals surface area (Å²) in [7, 11) is 0. The highest BCUT2D eigenvalue weighted by molar-refractivity contribution is 4.82. The van der Waals surface area contributed by atoms with E-state index in [2.05, 4.69) is 4.90 Å². The normalized spacial score (nSPS) is 35.8. The monoisotopic (exact) mass is 210 g/mol. The molecule has 2 aliphatic rings. The lowest BCUT2D eigenvalue weighted by molar-refractivity contribution is 0.136. The van der Waals surface area contributed by atoms with Crippen molar-refractivity contribution in [3.05, 3.63) is 0 Å². The van der Waals surface area contributed by atoms with E-state index < -0.39 is 0 Å². The molecule has 1 saturated carbocycles. The Balaban J connectivity index is 1.83. The molecule has 1 saturated heterocycles. The molecule has 0 aromatic heterocycles. The van der Waals surface area contributed by atoms with E-state index in [4.69, 9.17) is 5.73 Å². The van der Waals surface area contributed by atoms with Crippen molar-refractivity contribution < 1.29 is 0 Å². The Hall–Kier alpha value is -0.0800. The van der Waals surface area contributed by atoms with Crippen LogP contribution in [0.5, 0.6) is 0 Å². The van der Waals surface area contributed by atoms with Gasteiger partial charge in [0.15, 0.2) is 0 Å². The third-order valence-electron chi connectivity index (χ3n) is 4.09. The molecule has 2 atom stereocenters. The lowest BCUT2D eigenvalue weighted by Crippen LogP contribution is -2.43. The maximum absolute atomic E-state index is 6.08. The quantitative estimate of drug-likeness (QED) is 0.720. The minimum absolute atomic E-state index is 0.481. The summed E-state index contributed by atoms with van der Waals surface area (Å²) in [6.07, 6.45) is 12.4. The first-order chi connectivity index (χ1) is 7.36. The van der Waals surface area contributed by atoms with Crippen molar-refractivity contribution in [1.82, 2.24) is 4.90 Å². The summed E-state index contributed by atoms with van der Waals surface area (Å²) >= 11 is 0. The molecule has 0 radical (unpaired) electrons. The van der Waals surface area contributed by atoms with Gasteiger partial charge in [-0.15, -0.1) is 0 Å². The van der Waals surface area contributed by atoms with Crippen molar-refractivity contribution in [3.63, 3.8) is 0 Å². The maximum Gasteiger partial charge on any atom is 0.0110 e. The van der Waals surface area contributed by atoms with Crippen molar-refractivity contribution in [2.45, 2.75) is 69.9 Å². The fourth-order valence-corrected chi connectivity index (χ4v) is 3.17. The van der Waals surface area contributed by atoms with Gasteiger partial charge in [0.2, 0.25) is 0 Å². The number of nitrogens with two attached hydrogens (primary N) is 1. The van der Waals surface area contributed by atoms with Crippen molar-refractivity contribution in [2.24, 2.45) is 5.73 Å². The van der Waals surface area contributed by atoms with Gasteiger partial charge in [-0.3, -0.25) is 0 Å². The van der Waals surface area contributed by atoms with Crippen LogP contribution in [-0.4, -0.2) is 30.1 Å². The molecule has 1 aliphatic heterocycles. The summed E-state index contributed by atoms with van der Waals surface area (Å²) < 4.78 is 0. The van der Waals surface area contributed by atoms with Crippen LogP contribution in [-0.2, 0) is 0 Å². The topological polar surface area (TPSA) is 29.3 Å². The van der Waals surface area contributed by atoms with E-state index in [0.717, 1.165) is 6.04 Å².